The highest BCUT2D eigenvalue weighted by atomic mass is 16.5. The number of rotatable bonds is 6. The monoisotopic (exact) mass is 257 g/mol. The molecule has 0 spiro atoms. The van der Waals surface area contributed by atoms with Crippen LogP contribution in [0, 0.1) is 0 Å². The molecular weight excluding hydrogens is 242 g/mol. The highest BCUT2D eigenvalue weighted by Crippen LogP contribution is 2.15. The summed E-state index contributed by atoms with van der Waals surface area (Å²) in [5, 5.41) is 8.96. The average Bonchev–Trinajstić information content (AvgIpc) is 2.45. The lowest BCUT2D eigenvalue weighted by Gasteiger charge is -2.08. The second-order valence-electron chi connectivity index (χ2n) is 4.09. The van der Waals surface area contributed by atoms with Crippen LogP contribution in [0.3, 0.4) is 0 Å². The molecule has 0 atom stereocenters. The Morgan fingerprint density at radius 3 is 2.68 bits per heavy atom. The van der Waals surface area contributed by atoms with E-state index >= 15 is 0 Å². The molecule has 4 nitrogen and oxygen atoms in total. The fraction of sp³-hybridized carbons (Fsp3) is 0.200. The zero-order valence-electron chi connectivity index (χ0n) is 10.5. The standard InChI is InChI=1S/C15H15NO3/c17-15(18)14-13(9-4-10-16-14)19-11-5-8-12-6-2-1-3-7-12/h1-4,6-7,9-10H,5,8,11H2,(H,17,18). The van der Waals surface area contributed by atoms with Gasteiger partial charge in [0.2, 0.25) is 0 Å². The van der Waals surface area contributed by atoms with Crippen LogP contribution in [0.2, 0.25) is 0 Å². The maximum Gasteiger partial charge on any atom is 0.358 e. The Morgan fingerprint density at radius 2 is 1.95 bits per heavy atom. The number of aryl methyl sites for hydroxylation is 1. The van der Waals surface area contributed by atoms with Crippen molar-refractivity contribution in [2.45, 2.75) is 12.8 Å². The van der Waals surface area contributed by atoms with Gasteiger partial charge in [0.25, 0.3) is 0 Å². The molecule has 0 aliphatic carbocycles. The fourth-order valence-corrected chi connectivity index (χ4v) is 1.77. The molecule has 1 aromatic heterocycles. The smallest absolute Gasteiger partial charge is 0.358 e. The van der Waals surface area contributed by atoms with E-state index in [1.165, 1.54) is 11.8 Å². The average molecular weight is 257 g/mol. The summed E-state index contributed by atoms with van der Waals surface area (Å²) in [6.07, 6.45) is 3.18. The summed E-state index contributed by atoms with van der Waals surface area (Å²) < 4.78 is 5.48. The van der Waals surface area contributed by atoms with Gasteiger partial charge in [-0.1, -0.05) is 30.3 Å². The minimum absolute atomic E-state index is 0.0396. The summed E-state index contributed by atoms with van der Waals surface area (Å²) in [6.45, 7) is 0.473. The maximum absolute atomic E-state index is 10.9. The van der Waals surface area contributed by atoms with Gasteiger partial charge >= 0.3 is 5.97 Å². The van der Waals surface area contributed by atoms with E-state index in [0.29, 0.717) is 12.4 Å². The van der Waals surface area contributed by atoms with Crippen LogP contribution >= 0.6 is 0 Å². The van der Waals surface area contributed by atoms with Crippen LogP contribution in [0.1, 0.15) is 22.5 Å². The summed E-state index contributed by atoms with van der Waals surface area (Å²) in [6, 6.07) is 13.4. The number of pyridine rings is 1. The fourth-order valence-electron chi connectivity index (χ4n) is 1.77. The molecule has 1 N–H and O–H groups in total. The molecule has 0 amide bonds. The number of carboxylic acids is 1. The Bertz CT molecular complexity index is 540. The van der Waals surface area contributed by atoms with Crippen molar-refractivity contribution in [2.75, 3.05) is 6.61 Å². The minimum Gasteiger partial charge on any atom is -0.491 e. The van der Waals surface area contributed by atoms with Crippen LogP contribution in [0.4, 0.5) is 0 Å². The van der Waals surface area contributed by atoms with Gasteiger partial charge in [0.05, 0.1) is 6.61 Å². The van der Waals surface area contributed by atoms with E-state index in [4.69, 9.17) is 9.84 Å². The van der Waals surface area contributed by atoms with Crippen molar-refractivity contribution >= 4 is 5.97 Å². The van der Waals surface area contributed by atoms with Gasteiger partial charge in [-0.2, -0.15) is 0 Å². The number of carbonyl (C=O) groups is 1. The molecule has 0 aliphatic heterocycles. The Balaban J connectivity index is 1.85. The summed E-state index contributed by atoms with van der Waals surface area (Å²) in [5.41, 5.74) is 1.21. The molecule has 0 unspecified atom stereocenters. The number of benzene rings is 1. The summed E-state index contributed by atoms with van der Waals surface area (Å²) >= 11 is 0. The van der Waals surface area contributed by atoms with E-state index in [-0.39, 0.29) is 5.69 Å². The van der Waals surface area contributed by atoms with Crippen LogP contribution in [-0.4, -0.2) is 22.7 Å². The predicted octanol–water partition coefficient (Wildman–Crippen LogP) is 2.79. The van der Waals surface area contributed by atoms with E-state index in [0.717, 1.165) is 12.8 Å². The molecular formula is C15H15NO3. The lowest BCUT2D eigenvalue weighted by Crippen LogP contribution is -2.07. The SMILES string of the molecule is O=C(O)c1ncccc1OCCCc1ccccc1. The first-order valence-electron chi connectivity index (χ1n) is 6.12. The van der Waals surface area contributed by atoms with E-state index in [2.05, 4.69) is 17.1 Å². The van der Waals surface area contributed by atoms with Gasteiger partial charge in [-0.25, -0.2) is 9.78 Å². The molecule has 0 fully saturated rings. The first-order chi connectivity index (χ1) is 9.27. The Hall–Kier alpha value is -2.36. The van der Waals surface area contributed by atoms with Crippen LogP contribution in [0.5, 0.6) is 5.75 Å². The van der Waals surface area contributed by atoms with Crippen LogP contribution in [0.25, 0.3) is 0 Å². The molecule has 2 rings (SSSR count). The van der Waals surface area contributed by atoms with Gasteiger partial charge in [0.1, 0.15) is 0 Å². The molecule has 1 aromatic carbocycles. The normalized spacial score (nSPS) is 10.1. The molecule has 1 heterocycles. The molecule has 0 bridgehead atoms. The lowest BCUT2D eigenvalue weighted by atomic mass is 10.1. The second-order valence-corrected chi connectivity index (χ2v) is 4.09. The minimum atomic E-state index is -1.07. The Labute approximate surface area is 111 Å². The molecule has 0 radical (unpaired) electrons. The number of carboxylic acid groups (broad SMARTS) is 1. The van der Waals surface area contributed by atoms with E-state index in [1.54, 1.807) is 12.1 Å². The number of aromatic carboxylic acids is 1. The molecule has 19 heavy (non-hydrogen) atoms. The predicted molar refractivity (Wildman–Crippen MR) is 71.5 cm³/mol. The topological polar surface area (TPSA) is 59.4 Å². The van der Waals surface area contributed by atoms with Crippen molar-refractivity contribution < 1.29 is 14.6 Å². The van der Waals surface area contributed by atoms with Crippen LogP contribution in [-0.2, 0) is 6.42 Å². The first-order valence-corrected chi connectivity index (χ1v) is 6.12. The number of hydrogen-bond donors (Lipinski definition) is 1. The quantitative estimate of drug-likeness (QED) is 0.808. The van der Waals surface area contributed by atoms with Gasteiger partial charge in [-0.05, 0) is 30.5 Å². The highest BCUT2D eigenvalue weighted by Gasteiger charge is 2.11. The van der Waals surface area contributed by atoms with E-state index < -0.39 is 5.97 Å². The van der Waals surface area contributed by atoms with Crippen molar-refractivity contribution in [3.8, 4) is 5.75 Å². The van der Waals surface area contributed by atoms with Crippen molar-refractivity contribution in [3.05, 3.63) is 59.9 Å². The van der Waals surface area contributed by atoms with Crippen molar-refractivity contribution in [3.63, 3.8) is 0 Å². The molecule has 98 valence electrons. The van der Waals surface area contributed by atoms with Gasteiger partial charge in [-0.3, -0.25) is 0 Å². The zero-order valence-corrected chi connectivity index (χ0v) is 10.5. The van der Waals surface area contributed by atoms with Gasteiger partial charge in [-0.15, -0.1) is 0 Å². The third kappa shape index (κ3) is 3.81. The summed E-state index contributed by atoms with van der Waals surface area (Å²) in [5.74, 6) is -0.748. The van der Waals surface area contributed by atoms with Gasteiger partial charge < -0.3 is 9.84 Å². The number of nitrogens with zero attached hydrogens (tertiary/aromatic N) is 1. The summed E-state index contributed by atoms with van der Waals surface area (Å²) in [4.78, 5) is 14.7. The van der Waals surface area contributed by atoms with Gasteiger partial charge in [0, 0.05) is 6.20 Å². The largest absolute Gasteiger partial charge is 0.491 e. The third-order valence-corrected chi connectivity index (χ3v) is 2.68. The molecule has 0 saturated heterocycles. The third-order valence-electron chi connectivity index (χ3n) is 2.68. The number of aromatic nitrogens is 1. The number of hydrogen-bond acceptors (Lipinski definition) is 3. The first kappa shape index (κ1) is 13.1. The maximum atomic E-state index is 10.9. The summed E-state index contributed by atoms with van der Waals surface area (Å²) in [7, 11) is 0. The van der Waals surface area contributed by atoms with Crippen LogP contribution < -0.4 is 4.74 Å². The number of ether oxygens (including phenoxy) is 1. The highest BCUT2D eigenvalue weighted by molar-refractivity contribution is 5.88. The van der Waals surface area contributed by atoms with Crippen molar-refractivity contribution in [2.24, 2.45) is 0 Å². The second kappa shape index (κ2) is 6.54. The zero-order chi connectivity index (χ0) is 13.5. The van der Waals surface area contributed by atoms with Crippen LogP contribution in [0.15, 0.2) is 48.7 Å². The lowest BCUT2D eigenvalue weighted by molar-refractivity contribution is 0.0685. The van der Waals surface area contributed by atoms with E-state index in [1.807, 2.05) is 18.2 Å². The Morgan fingerprint density at radius 1 is 1.16 bits per heavy atom. The molecule has 0 aliphatic rings. The van der Waals surface area contributed by atoms with E-state index in [9.17, 15) is 4.79 Å². The Kier molecular flexibility index (Phi) is 4.50. The molecule has 4 heteroatoms. The van der Waals surface area contributed by atoms with Crippen molar-refractivity contribution in [1.29, 1.82) is 0 Å². The van der Waals surface area contributed by atoms with Gasteiger partial charge in [0.15, 0.2) is 11.4 Å². The molecule has 0 saturated carbocycles. The van der Waals surface area contributed by atoms with Crippen molar-refractivity contribution in [1.82, 2.24) is 4.98 Å². The molecule has 2 aromatic rings.